The minimum Gasteiger partial charge on any atom is -0.494 e. The molecule has 0 aliphatic carbocycles. The van der Waals surface area contributed by atoms with Crippen molar-refractivity contribution < 1.29 is 14.3 Å². The van der Waals surface area contributed by atoms with Crippen LogP contribution in [-0.2, 0) is 6.42 Å². The van der Waals surface area contributed by atoms with Gasteiger partial charge in [-0.1, -0.05) is 17.7 Å². The fourth-order valence-electron chi connectivity index (χ4n) is 3.25. The molecule has 2 aromatic rings. The lowest BCUT2D eigenvalue weighted by atomic mass is 9.91. The van der Waals surface area contributed by atoms with E-state index < -0.39 is 0 Å². The monoisotopic (exact) mass is 424 g/mol. The van der Waals surface area contributed by atoms with Gasteiger partial charge in [0.2, 0.25) is 0 Å². The van der Waals surface area contributed by atoms with Crippen LogP contribution in [0.15, 0.2) is 42.5 Å². The van der Waals surface area contributed by atoms with Crippen molar-refractivity contribution >= 4 is 30.1 Å². The average molecular weight is 425 g/mol. The van der Waals surface area contributed by atoms with Gasteiger partial charge < -0.3 is 14.4 Å². The van der Waals surface area contributed by atoms with Crippen LogP contribution in [0.3, 0.4) is 0 Å². The van der Waals surface area contributed by atoms with Gasteiger partial charge in [0, 0.05) is 38.1 Å². The number of hydrogen-bond donors (Lipinski definition) is 0. The van der Waals surface area contributed by atoms with E-state index in [1.165, 1.54) is 16.0 Å². The fraction of sp³-hybridized carbons (Fsp3) is 0.381. The van der Waals surface area contributed by atoms with Gasteiger partial charge in [-0.15, -0.1) is 12.4 Å². The molecule has 1 atom stereocenters. The third kappa shape index (κ3) is 5.53. The van der Waals surface area contributed by atoms with E-state index in [4.69, 9.17) is 21.1 Å². The Bertz CT molecular complexity index is 797. The minimum atomic E-state index is -0.373. The first-order valence-corrected chi connectivity index (χ1v) is 9.42. The largest absolute Gasteiger partial charge is 0.494 e. The SMILES string of the molecule is CN(C)C(=O)Oc1ccc2c(c1)C(CCOc1ccc(Cl)cc1)N(C)CC2.Cl. The van der Waals surface area contributed by atoms with Crippen molar-refractivity contribution in [1.82, 2.24) is 9.80 Å². The molecule has 1 amide bonds. The van der Waals surface area contributed by atoms with E-state index >= 15 is 0 Å². The number of fused-ring (bicyclic) bond motifs is 1. The summed E-state index contributed by atoms with van der Waals surface area (Å²) in [5, 5.41) is 0.697. The van der Waals surface area contributed by atoms with Crippen LogP contribution in [-0.4, -0.2) is 50.2 Å². The van der Waals surface area contributed by atoms with Crippen molar-refractivity contribution in [2.75, 3.05) is 34.3 Å². The van der Waals surface area contributed by atoms with Crippen molar-refractivity contribution in [2.45, 2.75) is 18.9 Å². The van der Waals surface area contributed by atoms with E-state index in [1.807, 2.05) is 36.4 Å². The zero-order valence-corrected chi connectivity index (χ0v) is 17.9. The highest BCUT2D eigenvalue weighted by molar-refractivity contribution is 6.30. The number of carbonyl (C=O) groups excluding carboxylic acids is 1. The molecule has 0 saturated heterocycles. The van der Waals surface area contributed by atoms with Crippen LogP contribution in [0.1, 0.15) is 23.6 Å². The van der Waals surface area contributed by atoms with Crippen molar-refractivity contribution in [1.29, 1.82) is 0 Å². The predicted octanol–water partition coefficient (Wildman–Crippen LogP) is 4.82. The molecule has 5 nitrogen and oxygen atoms in total. The highest BCUT2D eigenvalue weighted by atomic mass is 35.5. The summed E-state index contributed by atoms with van der Waals surface area (Å²) >= 11 is 5.91. The summed E-state index contributed by atoms with van der Waals surface area (Å²) in [5.41, 5.74) is 2.50. The first kappa shape index (κ1) is 22.3. The van der Waals surface area contributed by atoms with Crippen molar-refractivity contribution in [3.05, 3.63) is 58.6 Å². The summed E-state index contributed by atoms with van der Waals surface area (Å²) in [6.45, 7) is 1.59. The molecule has 0 bridgehead atoms. The zero-order chi connectivity index (χ0) is 19.4. The van der Waals surface area contributed by atoms with E-state index in [2.05, 4.69) is 18.0 Å². The maximum Gasteiger partial charge on any atom is 0.414 e. The van der Waals surface area contributed by atoms with Crippen LogP contribution in [0.2, 0.25) is 5.02 Å². The summed E-state index contributed by atoms with van der Waals surface area (Å²) in [7, 11) is 5.46. The lowest BCUT2D eigenvalue weighted by Gasteiger charge is -2.35. The second kappa shape index (κ2) is 10.0. The highest BCUT2D eigenvalue weighted by Crippen LogP contribution is 2.34. The first-order valence-electron chi connectivity index (χ1n) is 9.04. The minimum absolute atomic E-state index is 0. The Morgan fingerprint density at radius 3 is 2.54 bits per heavy atom. The predicted molar refractivity (Wildman–Crippen MR) is 114 cm³/mol. The van der Waals surface area contributed by atoms with E-state index in [0.717, 1.165) is 25.1 Å². The maximum absolute atomic E-state index is 11.8. The third-order valence-corrected chi connectivity index (χ3v) is 5.04. The Labute approximate surface area is 177 Å². The van der Waals surface area contributed by atoms with Crippen LogP contribution in [0.5, 0.6) is 11.5 Å². The van der Waals surface area contributed by atoms with Crippen molar-refractivity contribution in [3.63, 3.8) is 0 Å². The molecule has 1 aliphatic rings. The number of likely N-dealkylation sites (N-methyl/N-ethyl adjacent to an activating group) is 1. The zero-order valence-electron chi connectivity index (χ0n) is 16.4. The lowest BCUT2D eigenvalue weighted by molar-refractivity contribution is 0.170. The standard InChI is InChI=1S/C21H25ClN2O3.ClH/c1-23(2)21(25)27-18-7-4-15-10-12-24(3)20(19(15)14-18)11-13-26-17-8-5-16(22)6-9-17;/h4-9,14,20H,10-13H2,1-3H3;1H. The third-order valence-electron chi connectivity index (χ3n) is 4.79. The molecule has 0 fully saturated rings. The molecule has 1 aliphatic heterocycles. The number of rotatable bonds is 5. The van der Waals surface area contributed by atoms with Gasteiger partial charge in [0.25, 0.3) is 0 Å². The van der Waals surface area contributed by atoms with E-state index in [9.17, 15) is 4.79 Å². The molecule has 152 valence electrons. The second-order valence-electron chi connectivity index (χ2n) is 6.96. The molecule has 1 unspecified atom stereocenters. The summed E-state index contributed by atoms with van der Waals surface area (Å²) in [6.07, 6.45) is 1.46. The normalized spacial score (nSPS) is 15.9. The number of carbonyl (C=O) groups is 1. The maximum atomic E-state index is 11.8. The van der Waals surface area contributed by atoms with Crippen LogP contribution in [0.25, 0.3) is 0 Å². The topological polar surface area (TPSA) is 42.0 Å². The van der Waals surface area contributed by atoms with Gasteiger partial charge in [0.05, 0.1) is 6.61 Å². The summed E-state index contributed by atoms with van der Waals surface area (Å²) < 4.78 is 11.3. The molecule has 0 aromatic heterocycles. The molecule has 0 spiro atoms. The van der Waals surface area contributed by atoms with Crippen molar-refractivity contribution in [3.8, 4) is 11.5 Å². The van der Waals surface area contributed by atoms with E-state index in [-0.39, 0.29) is 24.5 Å². The Morgan fingerprint density at radius 2 is 1.86 bits per heavy atom. The molecule has 3 rings (SSSR count). The van der Waals surface area contributed by atoms with E-state index in [1.54, 1.807) is 14.1 Å². The van der Waals surface area contributed by atoms with Crippen molar-refractivity contribution in [2.24, 2.45) is 0 Å². The molecule has 0 saturated carbocycles. The van der Waals surface area contributed by atoms with Gasteiger partial charge >= 0.3 is 6.09 Å². The molecular formula is C21H26Cl2N2O3. The number of amides is 1. The number of nitrogens with zero attached hydrogens (tertiary/aromatic N) is 2. The van der Waals surface area contributed by atoms with Gasteiger partial charge in [-0.3, -0.25) is 4.90 Å². The van der Waals surface area contributed by atoms with E-state index in [0.29, 0.717) is 17.4 Å². The number of benzene rings is 2. The fourth-order valence-corrected chi connectivity index (χ4v) is 3.38. The summed E-state index contributed by atoms with van der Waals surface area (Å²) in [6, 6.07) is 13.5. The number of ether oxygens (including phenoxy) is 2. The van der Waals surface area contributed by atoms with Crippen LogP contribution >= 0.6 is 24.0 Å². The van der Waals surface area contributed by atoms with Gasteiger partial charge in [-0.05, 0) is 61.0 Å². The summed E-state index contributed by atoms with van der Waals surface area (Å²) in [4.78, 5) is 15.6. The summed E-state index contributed by atoms with van der Waals surface area (Å²) in [5.74, 6) is 1.39. The number of halogens is 2. The molecule has 7 heteroatoms. The average Bonchev–Trinajstić information content (AvgIpc) is 2.65. The van der Waals surface area contributed by atoms with Gasteiger partial charge in [0.15, 0.2) is 0 Å². The Morgan fingerprint density at radius 1 is 1.18 bits per heavy atom. The molecule has 2 aromatic carbocycles. The Kier molecular flexibility index (Phi) is 7.98. The number of hydrogen-bond acceptors (Lipinski definition) is 4. The highest BCUT2D eigenvalue weighted by Gasteiger charge is 2.25. The molecule has 0 N–H and O–H groups in total. The second-order valence-corrected chi connectivity index (χ2v) is 7.40. The molecule has 28 heavy (non-hydrogen) atoms. The smallest absolute Gasteiger partial charge is 0.414 e. The van der Waals surface area contributed by atoms with Gasteiger partial charge in [0.1, 0.15) is 11.5 Å². The van der Waals surface area contributed by atoms with Crippen LogP contribution in [0.4, 0.5) is 4.79 Å². The molecule has 1 heterocycles. The quantitative estimate of drug-likeness (QED) is 0.689. The van der Waals surface area contributed by atoms with Gasteiger partial charge in [-0.2, -0.15) is 0 Å². The molecule has 0 radical (unpaired) electrons. The molecular weight excluding hydrogens is 399 g/mol. The van der Waals surface area contributed by atoms with Crippen LogP contribution < -0.4 is 9.47 Å². The lowest BCUT2D eigenvalue weighted by Crippen LogP contribution is -2.33. The van der Waals surface area contributed by atoms with Gasteiger partial charge in [-0.25, -0.2) is 4.79 Å². The van der Waals surface area contributed by atoms with Crippen LogP contribution in [0, 0.1) is 0 Å². The Balaban J connectivity index is 0.00000280. The first-order chi connectivity index (χ1) is 12.9. The Hall–Kier alpha value is -1.95.